The van der Waals surface area contributed by atoms with Gasteiger partial charge in [-0.1, -0.05) is 24.3 Å². The van der Waals surface area contributed by atoms with Crippen LogP contribution < -0.4 is 10.2 Å². The first-order chi connectivity index (χ1) is 11.6. The third-order valence-electron chi connectivity index (χ3n) is 3.90. The standard InChI is InChI=1S/C18H17FN2O3/c1-24-10-9-20-17(22)16-14-7-2-3-8-15(14)18(23)21(16)13-6-4-5-12(19)11-13/h2-8,11,16H,9-10H2,1H3,(H,20,22). The zero-order valence-electron chi connectivity index (χ0n) is 13.2. The molecule has 124 valence electrons. The SMILES string of the molecule is COCCNC(=O)C1c2ccccc2C(=O)N1c1cccc(F)c1. The number of carbonyl (C=O) groups is 2. The Morgan fingerprint density at radius 2 is 2.04 bits per heavy atom. The molecule has 0 spiro atoms. The van der Waals surface area contributed by atoms with Crippen LogP contribution in [-0.4, -0.2) is 32.1 Å². The number of nitrogens with one attached hydrogen (secondary N) is 1. The number of rotatable bonds is 5. The van der Waals surface area contributed by atoms with Crippen molar-refractivity contribution in [3.8, 4) is 0 Å². The Labute approximate surface area is 139 Å². The number of hydrogen-bond donors (Lipinski definition) is 1. The first-order valence-corrected chi connectivity index (χ1v) is 7.58. The van der Waals surface area contributed by atoms with Crippen LogP contribution in [0.1, 0.15) is 22.0 Å². The van der Waals surface area contributed by atoms with Gasteiger partial charge in [0.1, 0.15) is 11.9 Å². The summed E-state index contributed by atoms with van der Waals surface area (Å²) in [7, 11) is 1.54. The maximum Gasteiger partial charge on any atom is 0.259 e. The fraction of sp³-hybridized carbons (Fsp3) is 0.222. The van der Waals surface area contributed by atoms with Gasteiger partial charge in [0.05, 0.1) is 6.61 Å². The molecular weight excluding hydrogens is 311 g/mol. The van der Waals surface area contributed by atoms with Crippen molar-refractivity contribution >= 4 is 17.5 Å². The van der Waals surface area contributed by atoms with E-state index in [0.29, 0.717) is 30.0 Å². The minimum Gasteiger partial charge on any atom is -0.383 e. The number of ether oxygens (including phenoxy) is 1. The molecule has 2 aromatic rings. The van der Waals surface area contributed by atoms with Crippen LogP contribution in [0.4, 0.5) is 10.1 Å². The maximum atomic E-state index is 13.6. The second-order valence-corrected chi connectivity index (χ2v) is 5.43. The lowest BCUT2D eigenvalue weighted by molar-refractivity contribution is -0.122. The largest absolute Gasteiger partial charge is 0.383 e. The van der Waals surface area contributed by atoms with Crippen LogP contribution in [0.5, 0.6) is 0 Å². The molecule has 0 aromatic heterocycles. The van der Waals surface area contributed by atoms with Crippen LogP contribution in [0.3, 0.4) is 0 Å². The molecule has 0 saturated heterocycles. The van der Waals surface area contributed by atoms with Gasteiger partial charge in [0.15, 0.2) is 0 Å². The molecule has 5 nitrogen and oxygen atoms in total. The third-order valence-corrected chi connectivity index (χ3v) is 3.90. The van der Waals surface area contributed by atoms with E-state index in [9.17, 15) is 14.0 Å². The summed E-state index contributed by atoms with van der Waals surface area (Å²) in [5.41, 5.74) is 1.42. The van der Waals surface area contributed by atoms with Crippen LogP contribution >= 0.6 is 0 Å². The lowest BCUT2D eigenvalue weighted by Gasteiger charge is -2.24. The minimum atomic E-state index is -0.827. The van der Waals surface area contributed by atoms with Crippen molar-refractivity contribution in [2.24, 2.45) is 0 Å². The summed E-state index contributed by atoms with van der Waals surface area (Å²) in [6.07, 6.45) is 0. The van der Waals surface area contributed by atoms with Gasteiger partial charge in [-0.2, -0.15) is 0 Å². The van der Waals surface area contributed by atoms with E-state index in [-0.39, 0.29) is 11.8 Å². The Kier molecular flexibility index (Phi) is 4.57. The highest BCUT2D eigenvalue weighted by molar-refractivity contribution is 6.15. The normalized spacial score (nSPS) is 16.2. The van der Waals surface area contributed by atoms with Crippen molar-refractivity contribution in [3.63, 3.8) is 0 Å². The van der Waals surface area contributed by atoms with E-state index in [1.165, 1.54) is 23.1 Å². The highest BCUT2D eigenvalue weighted by Gasteiger charge is 2.41. The molecule has 0 bridgehead atoms. The molecule has 1 aliphatic rings. The summed E-state index contributed by atoms with van der Waals surface area (Å²) in [5.74, 6) is -1.10. The number of anilines is 1. The number of carbonyl (C=O) groups excluding carboxylic acids is 2. The van der Waals surface area contributed by atoms with Crippen LogP contribution in [0.15, 0.2) is 48.5 Å². The molecule has 24 heavy (non-hydrogen) atoms. The Balaban J connectivity index is 2.00. The Bertz CT molecular complexity index is 778. The second kappa shape index (κ2) is 6.80. The fourth-order valence-corrected chi connectivity index (χ4v) is 2.84. The molecule has 1 unspecified atom stereocenters. The summed E-state index contributed by atoms with van der Waals surface area (Å²) >= 11 is 0. The summed E-state index contributed by atoms with van der Waals surface area (Å²) < 4.78 is 18.5. The van der Waals surface area contributed by atoms with Crippen molar-refractivity contribution in [3.05, 3.63) is 65.5 Å². The number of halogens is 1. The predicted molar refractivity (Wildman–Crippen MR) is 87.3 cm³/mol. The van der Waals surface area contributed by atoms with Crippen molar-refractivity contribution in [2.45, 2.75) is 6.04 Å². The summed E-state index contributed by atoms with van der Waals surface area (Å²) in [4.78, 5) is 26.7. The molecule has 2 amide bonds. The maximum absolute atomic E-state index is 13.6. The second-order valence-electron chi connectivity index (χ2n) is 5.43. The highest BCUT2D eigenvalue weighted by Crippen LogP contribution is 2.37. The van der Waals surface area contributed by atoms with Gasteiger partial charge in [0.2, 0.25) is 5.91 Å². The first-order valence-electron chi connectivity index (χ1n) is 7.58. The number of benzene rings is 2. The summed E-state index contributed by atoms with van der Waals surface area (Å²) in [6, 6.07) is 11.8. The molecule has 0 radical (unpaired) electrons. The van der Waals surface area contributed by atoms with E-state index in [0.717, 1.165) is 0 Å². The van der Waals surface area contributed by atoms with Crippen LogP contribution in [0, 0.1) is 5.82 Å². The topological polar surface area (TPSA) is 58.6 Å². The quantitative estimate of drug-likeness (QED) is 0.857. The Hall–Kier alpha value is -2.73. The minimum absolute atomic E-state index is 0.317. The monoisotopic (exact) mass is 328 g/mol. The molecule has 1 aliphatic heterocycles. The molecule has 1 heterocycles. The first kappa shape index (κ1) is 16.1. The number of amides is 2. The molecular formula is C18H17FN2O3. The number of methoxy groups -OCH3 is 1. The lowest BCUT2D eigenvalue weighted by Crippen LogP contribution is -2.40. The lowest BCUT2D eigenvalue weighted by atomic mass is 10.0. The summed E-state index contributed by atoms with van der Waals surface area (Å²) in [6.45, 7) is 0.702. The smallest absolute Gasteiger partial charge is 0.259 e. The van der Waals surface area contributed by atoms with Crippen molar-refractivity contribution in [2.75, 3.05) is 25.2 Å². The van der Waals surface area contributed by atoms with Crippen molar-refractivity contribution < 1.29 is 18.7 Å². The van der Waals surface area contributed by atoms with Crippen molar-refractivity contribution in [1.82, 2.24) is 5.32 Å². The van der Waals surface area contributed by atoms with Gasteiger partial charge in [0.25, 0.3) is 5.91 Å². The van der Waals surface area contributed by atoms with Crippen LogP contribution in [0.2, 0.25) is 0 Å². The molecule has 1 N–H and O–H groups in total. The van der Waals surface area contributed by atoms with E-state index in [2.05, 4.69) is 5.32 Å². The Morgan fingerprint density at radius 3 is 2.79 bits per heavy atom. The van der Waals surface area contributed by atoms with Gasteiger partial charge in [-0.05, 0) is 29.8 Å². The number of nitrogens with zero attached hydrogens (tertiary/aromatic N) is 1. The van der Waals surface area contributed by atoms with E-state index in [4.69, 9.17) is 4.74 Å². The van der Waals surface area contributed by atoms with Crippen LogP contribution in [-0.2, 0) is 9.53 Å². The van der Waals surface area contributed by atoms with E-state index >= 15 is 0 Å². The fourth-order valence-electron chi connectivity index (χ4n) is 2.84. The average molecular weight is 328 g/mol. The van der Waals surface area contributed by atoms with Gasteiger partial charge in [0, 0.05) is 24.9 Å². The van der Waals surface area contributed by atoms with E-state index in [1.54, 1.807) is 37.4 Å². The molecule has 0 aliphatic carbocycles. The molecule has 6 heteroatoms. The number of hydrogen-bond acceptors (Lipinski definition) is 3. The number of fused-ring (bicyclic) bond motifs is 1. The molecule has 1 atom stereocenters. The van der Waals surface area contributed by atoms with Gasteiger partial charge < -0.3 is 10.1 Å². The highest BCUT2D eigenvalue weighted by atomic mass is 19.1. The van der Waals surface area contributed by atoms with Crippen LogP contribution in [0.25, 0.3) is 0 Å². The molecule has 3 rings (SSSR count). The van der Waals surface area contributed by atoms with E-state index < -0.39 is 11.9 Å². The van der Waals surface area contributed by atoms with Gasteiger partial charge in [-0.25, -0.2) is 4.39 Å². The third kappa shape index (κ3) is 2.88. The zero-order valence-corrected chi connectivity index (χ0v) is 13.2. The Morgan fingerprint density at radius 1 is 1.25 bits per heavy atom. The van der Waals surface area contributed by atoms with Gasteiger partial charge >= 0.3 is 0 Å². The predicted octanol–water partition coefficient (Wildman–Crippen LogP) is 2.29. The molecule has 2 aromatic carbocycles. The van der Waals surface area contributed by atoms with Gasteiger partial charge in [-0.3, -0.25) is 14.5 Å². The average Bonchev–Trinajstić information content (AvgIpc) is 2.88. The zero-order chi connectivity index (χ0) is 17.1. The summed E-state index contributed by atoms with van der Waals surface area (Å²) in [5, 5.41) is 2.75. The molecule has 0 fully saturated rings. The molecule has 0 saturated carbocycles. The van der Waals surface area contributed by atoms with Crippen molar-refractivity contribution in [1.29, 1.82) is 0 Å². The van der Waals surface area contributed by atoms with E-state index in [1.807, 2.05) is 0 Å². The van der Waals surface area contributed by atoms with Gasteiger partial charge in [-0.15, -0.1) is 0 Å².